The van der Waals surface area contributed by atoms with Gasteiger partial charge in [-0.15, -0.1) is 0 Å². The molecule has 15 heavy (non-hydrogen) atoms. The molecule has 0 amide bonds. The normalized spacial score (nSPS) is 37.9. The molecule has 1 aliphatic rings. The van der Waals surface area contributed by atoms with Crippen LogP contribution >= 0.6 is 0 Å². The van der Waals surface area contributed by atoms with Gasteiger partial charge < -0.3 is 20.1 Å². The summed E-state index contributed by atoms with van der Waals surface area (Å²) in [6.07, 6.45) is -6.96. The number of carbonyl (C=O) groups excluding carboxylic acids is 1. The fourth-order valence-electron chi connectivity index (χ4n) is 1.03. The van der Waals surface area contributed by atoms with Crippen LogP contribution < -0.4 is 0 Å². The highest BCUT2D eigenvalue weighted by Gasteiger charge is 2.40. The van der Waals surface area contributed by atoms with E-state index in [9.17, 15) is 18.3 Å². The monoisotopic (exact) mass is 242 g/mol. The highest BCUT2D eigenvalue weighted by atomic mass is 32.3. The first-order chi connectivity index (χ1) is 6.87. The summed E-state index contributed by atoms with van der Waals surface area (Å²) in [5.41, 5.74) is 0. The van der Waals surface area contributed by atoms with E-state index in [1.54, 1.807) is 0 Å². The average molecular weight is 242 g/mol. The van der Waals surface area contributed by atoms with Crippen LogP contribution in [0, 0.1) is 0 Å². The van der Waals surface area contributed by atoms with Crippen LogP contribution in [0.25, 0.3) is 0 Å². The van der Waals surface area contributed by atoms with Crippen LogP contribution in [-0.2, 0) is 23.6 Å². The lowest BCUT2D eigenvalue weighted by atomic mass is 10.0. The Morgan fingerprint density at radius 1 is 1.40 bits per heavy atom. The number of hydrogen-bond acceptors (Lipinski definition) is 8. The lowest BCUT2D eigenvalue weighted by Gasteiger charge is -2.22. The van der Waals surface area contributed by atoms with E-state index in [-0.39, 0.29) is 6.29 Å². The Labute approximate surface area is 85.4 Å². The number of rotatable bonds is 2. The van der Waals surface area contributed by atoms with Gasteiger partial charge in [0.1, 0.15) is 24.4 Å². The Morgan fingerprint density at radius 3 is 2.53 bits per heavy atom. The van der Waals surface area contributed by atoms with E-state index in [0.29, 0.717) is 0 Å². The second-order valence-electron chi connectivity index (χ2n) is 2.94. The first-order valence-electron chi connectivity index (χ1n) is 3.94. The van der Waals surface area contributed by atoms with E-state index in [1.165, 1.54) is 0 Å². The van der Waals surface area contributed by atoms with Crippen LogP contribution in [0.4, 0.5) is 0 Å². The molecule has 0 bridgehead atoms. The molecule has 1 rings (SSSR count). The summed E-state index contributed by atoms with van der Waals surface area (Å²) in [5.74, 6) is 0. The van der Waals surface area contributed by atoms with E-state index in [0.717, 1.165) is 0 Å². The fraction of sp³-hybridized carbons (Fsp3) is 0.833. The van der Waals surface area contributed by atoms with E-state index in [2.05, 4.69) is 8.37 Å². The molecule has 0 aromatic carbocycles. The summed E-state index contributed by atoms with van der Waals surface area (Å²) >= 11 is 0. The Bertz CT molecular complexity index is 324. The van der Waals surface area contributed by atoms with E-state index in [1.807, 2.05) is 0 Å². The summed E-state index contributed by atoms with van der Waals surface area (Å²) in [4.78, 5) is 10.2. The smallest absolute Gasteiger partial charge is 0.388 e. The summed E-state index contributed by atoms with van der Waals surface area (Å²) in [7, 11) is -4.43. The van der Waals surface area contributed by atoms with Crippen molar-refractivity contribution in [3.8, 4) is 0 Å². The first kappa shape index (κ1) is 12.5. The van der Waals surface area contributed by atoms with Crippen LogP contribution in [-0.4, -0.2) is 61.0 Å². The Hall–Kier alpha value is -0.580. The van der Waals surface area contributed by atoms with Gasteiger partial charge in [-0.3, -0.25) is 0 Å². The highest BCUT2D eigenvalue weighted by molar-refractivity contribution is 7.81. The minimum Gasteiger partial charge on any atom is -0.388 e. The topological polar surface area (TPSA) is 130 Å². The molecule has 0 aliphatic carbocycles. The third-order valence-electron chi connectivity index (χ3n) is 1.82. The minimum absolute atomic E-state index is 0.0125. The van der Waals surface area contributed by atoms with Gasteiger partial charge in [-0.1, -0.05) is 0 Å². The maximum Gasteiger partial charge on any atom is 0.400 e. The minimum atomic E-state index is -4.43. The van der Waals surface area contributed by atoms with Crippen LogP contribution in [0.15, 0.2) is 0 Å². The van der Waals surface area contributed by atoms with E-state index in [4.69, 9.17) is 10.2 Å². The molecular formula is C6H10O8S. The van der Waals surface area contributed by atoms with Crippen molar-refractivity contribution in [2.75, 3.05) is 6.61 Å². The third kappa shape index (κ3) is 2.93. The molecular weight excluding hydrogens is 232 g/mol. The van der Waals surface area contributed by atoms with Gasteiger partial charge in [-0.05, 0) is 0 Å². The number of aldehydes is 1. The van der Waals surface area contributed by atoms with Gasteiger partial charge in [0.2, 0.25) is 0 Å². The fourth-order valence-corrected chi connectivity index (χ4v) is 1.89. The second-order valence-corrected chi connectivity index (χ2v) is 4.18. The van der Waals surface area contributed by atoms with Crippen LogP contribution in [0.5, 0.6) is 0 Å². The third-order valence-corrected chi connectivity index (χ3v) is 2.70. The summed E-state index contributed by atoms with van der Waals surface area (Å²) in [6.45, 7) is -0.703. The van der Waals surface area contributed by atoms with Crippen molar-refractivity contribution in [1.82, 2.24) is 0 Å². The molecule has 0 spiro atoms. The number of hydrogen-bond donors (Lipinski definition) is 3. The van der Waals surface area contributed by atoms with Crippen molar-refractivity contribution in [1.29, 1.82) is 0 Å². The number of carbonyl (C=O) groups is 1. The van der Waals surface area contributed by atoms with Crippen molar-refractivity contribution < 1.29 is 36.9 Å². The van der Waals surface area contributed by atoms with Crippen LogP contribution in [0.3, 0.4) is 0 Å². The van der Waals surface area contributed by atoms with Crippen LogP contribution in [0.2, 0.25) is 0 Å². The molecule has 0 radical (unpaired) electrons. The van der Waals surface area contributed by atoms with Gasteiger partial charge >= 0.3 is 10.4 Å². The van der Waals surface area contributed by atoms with Crippen molar-refractivity contribution in [2.24, 2.45) is 0 Å². The standard InChI is InChI=1S/C6H10O8S/c7-1-3(8)6-5(10)4(9)2-13-15(11,12)14-6/h1,3-6,8-10H,2H2/t3-,4+,5-,6+/m0/s1. The SMILES string of the molecule is O=C[C@H](O)[C@H]1OS(=O)(=O)OC[C@@H](O)[C@@H]1O. The van der Waals surface area contributed by atoms with Gasteiger partial charge in [0.15, 0.2) is 6.29 Å². The Morgan fingerprint density at radius 2 is 2.00 bits per heavy atom. The molecule has 0 aromatic rings. The Kier molecular flexibility index (Phi) is 3.76. The summed E-state index contributed by atoms with van der Waals surface area (Å²) in [5, 5.41) is 27.5. The van der Waals surface area contributed by atoms with Crippen molar-refractivity contribution in [3.05, 3.63) is 0 Å². The molecule has 0 unspecified atom stereocenters. The molecule has 3 N–H and O–H groups in total. The lowest BCUT2D eigenvalue weighted by Crippen LogP contribution is -2.46. The van der Waals surface area contributed by atoms with E-state index >= 15 is 0 Å². The highest BCUT2D eigenvalue weighted by Crippen LogP contribution is 2.17. The molecule has 1 saturated heterocycles. The quantitative estimate of drug-likeness (QED) is 0.435. The number of aliphatic hydroxyl groups is 3. The van der Waals surface area contributed by atoms with Gasteiger partial charge in [0, 0.05) is 0 Å². The Balaban J connectivity index is 2.94. The van der Waals surface area contributed by atoms with E-state index < -0.39 is 41.4 Å². The first-order valence-corrected chi connectivity index (χ1v) is 5.28. The van der Waals surface area contributed by atoms with Crippen molar-refractivity contribution in [3.63, 3.8) is 0 Å². The zero-order valence-corrected chi connectivity index (χ0v) is 8.20. The molecule has 0 aromatic heterocycles. The predicted molar refractivity (Wildman–Crippen MR) is 43.8 cm³/mol. The van der Waals surface area contributed by atoms with Crippen LogP contribution in [0.1, 0.15) is 0 Å². The molecule has 0 saturated carbocycles. The largest absolute Gasteiger partial charge is 0.400 e. The maximum atomic E-state index is 10.9. The maximum absolute atomic E-state index is 10.9. The van der Waals surface area contributed by atoms with Gasteiger partial charge in [0.25, 0.3) is 0 Å². The van der Waals surface area contributed by atoms with Gasteiger partial charge in [-0.2, -0.15) is 8.42 Å². The molecule has 88 valence electrons. The predicted octanol–water partition coefficient (Wildman–Crippen LogP) is -3.07. The number of aliphatic hydroxyl groups excluding tert-OH is 3. The summed E-state index contributed by atoms with van der Waals surface area (Å²) < 4.78 is 30.1. The van der Waals surface area contributed by atoms with Crippen molar-refractivity contribution >= 4 is 16.7 Å². The molecule has 4 atom stereocenters. The lowest BCUT2D eigenvalue weighted by molar-refractivity contribution is -0.127. The van der Waals surface area contributed by atoms with Gasteiger partial charge in [-0.25, -0.2) is 8.37 Å². The molecule has 1 fully saturated rings. The molecule has 1 heterocycles. The molecule has 9 heteroatoms. The second kappa shape index (κ2) is 4.51. The average Bonchev–Trinajstić information content (AvgIpc) is 2.29. The van der Waals surface area contributed by atoms with Crippen molar-refractivity contribution in [2.45, 2.75) is 24.4 Å². The molecule has 1 aliphatic heterocycles. The zero-order chi connectivity index (χ0) is 11.6. The molecule has 8 nitrogen and oxygen atoms in total. The zero-order valence-electron chi connectivity index (χ0n) is 7.38. The summed E-state index contributed by atoms with van der Waals surface area (Å²) in [6, 6.07) is 0. The van der Waals surface area contributed by atoms with Gasteiger partial charge in [0.05, 0.1) is 6.61 Å².